The van der Waals surface area contributed by atoms with Crippen LogP contribution >= 0.6 is 11.6 Å². The van der Waals surface area contributed by atoms with Gasteiger partial charge in [-0.15, -0.1) is 0 Å². The fourth-order valence-electron chi connectivity index (χ4n) is 4.35. The molecular formula is C32H24ClFN2O3. The van der Waals surface area contributed by atoms with Gasteiger partial charge in [-0.1, -0.05) is 78.3 Å². The van der Waals surface area contributed by atoms with Crippen LogP contribution in [0.2, 0.25) is 5.02 Å². The van der Waals surface area contributed by atoms with Crippen molar-refractivity contribution >= 4 is 23.3 Å². The number of anilines is 1. The minimum Gasteiger partial charge on any atom is -0.489 e. The predicted molar refractivity (Wildman–Crippen MR) is 152 cm³/mol. The van der Waals surface area contributed by atoms with E-state index in [1.807, 2.05) is 42.5 Å². The number of benzene rings is 4. The number of carbonyl (C=O) groups excluding carboxylic acids is 1. The Hall–Kier alpha value is -4.68. The lowest BCUT2D eigenvalue weighted by molar-refractivity contribution is 0.0595. The van der Waals surface area contributed by atoms with Crippen LogP contribution in [-0.4, -0.2) is 18.1 Å². The van der Waals surface area contributed by atoms with Crippen LogP contribution in [0, 0.1) is 5.82 Å². The number of hydrogen-bond donors (Lipinski definition) is 1. The zero-order valence-electron chi connectivity index (χ0n) is 21.0. The molecule has 194 valence electrons. The number of methoxy groups -OCH3 is 1. The highest BCUT2D eigenvalue weighted by Gasteiger charge is 2.26. The predicted octanol–water partition coefficient (Wildman–Crippen LogP) is 7.82. The van der Waals surface area contributed by atoms with Gasteiger partial charge in [-0.25, -0.2) is 14.2 Å². The van der Waals surface area contributed by atoms with Gasteiger partial charge in [0.15, 0.2) is 5.69 Å². The summed E-state index contributed by atoms with van der Waals surface area (Å²) >= 11 is 6.14. The van der Waals surface area contributed by atoms with Gasteiger partial charge in [-0.2, -0.15) is 0 Å². The second-order valence-electron chi connectivity index (χ2n) is 8.78. The number of nitrogens with two attached hydrogens (primary N) is 1. The highest BCUT2D eigenvalue weighted by Crippen LogP contribution is 2.43. The Kier molecular flexibility index (Phi) is 7.57. The molecule has 0 atom stereocenters. The maximum absolute atomic E-state index is 14.2. The summed E-state index contributed by atoms with van der Waals surface area (Å²) < 4.78 is 25.2. The number of halogens is 2. The Morgan fingerprint density at radius 2 is 1.51 bits per heavy atom. The smallest absolute Gasteiger partial charge is 0.357 e. The molecular weight excluding hydrogens is 515 g/mol. The van der Waals surface area contributed by atoms with Crippen molar-refractivity contribution in [3.63, 3.8) is 0 Å². The lowest BCUT2D eigenvalue weighted by atomic mass is 9.91. The lowest BCUT2D eigenvalue weighted by Gasteiger charge is -2.19. The van der Waals surface area contributed by atoms with E-state index in [1.165, 1.54) is 19.2 Å². The molecule has 5 aromatic rings. The normalized spacial score (nSPS) is 10.7. The van der Waals surface area contributed by atoms with Crippen LogP contribution in [0.5, 0.6) is 5.75 Å². The van der Waals surface area contributed by atoms with Crippen molar-refractivity contribution in [2.24, 2.45) is 0 Å². The third kappa shape index (κ3) is 5.61. The summed E-state index contributed by atoms with van der Waals surface area (Å²) in [7, 11) is 1.28. The molecule has 0 aliphatic carbocycles. The van der Waals surface area contributed by atoms with E-state index in [2.05, 4.69) is 0 Å². The van der Waals surface area contributed by atoms with Crippen molar-refractivity contribution in [1.82, 2.24) is 4.98 Å². The van der Waals surface area contributed by atoms with Crippen molar-refractivity contribution < 1.29 is 18.7 Å². The topological polar surface area (TPSA) is 74.4 Å². The van der Waals surface area contributed by atoms with Crippen LogP contribution in [0.4, 0.5) is 10.1 Å². The Morgan fingerprint density at radius 3 is 2.18 bits per heavy atom. The molecule has 0 aliphatic heterocycles. The van der Waals surface area contributed by atoms with Crippen molar-refractivity contribution in [2.75, 3.05) is 12.8 Å². The van der Waals surface area contributed by atoms with Gasteiger partial charge in [0.2, 0.25) is 0 Å². The first kappa shape index (κ1) is 25.9. The summed E-state index contributed by atoms with van der Waals surface area (Å²) in [6.45, 7) is 0.417. The van der Waals surface area contributed by atoms with Gasteiger partial charge >= 0.3 is 5.97 Å². The summed E-state index contributed by atoms with van der Waals surface area (Å²) in [5.41, 5.74) is 11.3. The monoisotopic (exact) mass is 538 g/mol. The number of nitrogens with zero attached hydrogens (tertiary/aromatic N) is 1. The number of aromatic nitrogens is 1. The maximum Gasteiger partial charge on any atom is 0.357 e. The summed E-state index contributed by atoms with van der Waals surface area (Å²) in [4.78, 5) is 17.7. The summed E-state index contributed by atoms with van der Waals surface area (Å²) in [6, 6.07) is 30.1. The van der Waals surface area contributed by atoms with E-state index in [4.69, 9.17) is 31.8 Å². The van der Waals surface area contributed by atoms with Crippen LogP contribution < -0.4 is 10.5 Å². The van der Waals surface area contributed by atoms with E-state index in [0.29, 0.717) is 56.6 Å². The number of hydrogen-bond acceptors (Lipinski definition) is 5. The molecule has 0 bridgehead atoms. The number of rotatable bonds is 7. The summed E-state index contributed by atoms with van der Waals surface area (Å²) in [5.74, 6) is -0.450. The van der Waals surface area contributed by atoms with Crippen LogP contribution in [0.15, 0.2) is 103 Å². The van der Waals surface area contributed by atoms with Gasteiger partial charge in [-0.3, -0.25) is 0 Å². The minimum atomic E-state index is -0.665. The Balaban J connectivity index is 1.65. The molecule has 1 heterocycles. The Bertz CT molecular complexity index is 1620. The van der Waals surface area contributed by atoms with E-state index in [0.717, 1.165) is 5.56 Å². The first-order valence-electron chi connectivity index (χ1n) is 12.2. The van der Waals surface area contributed by atoms with Gasteiger partial charge in [0.25, 0.3) is 0 Å². The van der Waals surface area contributed by atoms with Crippen molar-refractivity contribution in [2.45, 2.75) is 6.61 Å². The van der Waals surface area contributed by atoms with E-state index in [1.54, 1.807) is 48.5 Å². The van der Waals surface area contributed by atoms with E-state index >= 15 is 0 Å². The van der Waals surface area contributed by atoms with Crippen molar-refractivity contribution in [1.29, 1.82) is 0 Å². The summed E-state index contributed by atoms with van der Waals surface area (Å²) in [6.07, 6.45) is 0. The molecule has 5 nitrogen and oxygen atoms in total. The van der Waals surface area contributed by atoms with Crippen LogP contribution in [0.3, 0.4) is 0 Å². The SMILES string of the molecule is COC(=O)c1nc(-c2cccc(F)c2)c(-c2ccc(Cl)cc2)c(N)c1-c1ccc(OCc2ccccc2)cc1. The van der Waals surface area contributed by atoms with Crippen LogP contribution in [0.1, 0.15) is 16.1 Å². The first-order chi connectivity index (χ1) is 18.9. The van der Waals surface area contributed by atoms with Gasteiger partial charge in [0.1, 0.15) is 18.2 Å². The average Bonchev–Trinajstić information content (AvgIpc) is 2.96. The zero-order valence-corrected chi connectivity index (χ0v) is 21.8. The second-order valence-corrected chi connectivity index (χ2v) is 9.22. The molecule has 0 aliphatic rings. The zero-order chi connectivity index (χ0) is 27.4. The quantitative estimate of drug-likeness (QED) is 0.214. The molecule has 5 rings (SSSR count). The van der Waals surface area contributed by atoms with Gasteiger partial charge in [0, 0.05) is 21.7 Å². The molecule has 4 aromatic carbocycles. The van der Waals surface area contributed by atoms with Gasteiger partial charge < -0.3 is 15.2 Å². The van der Waals surface area contributed by atoms with Gasteiger partial charge in [0.05, 0.1) is 18.5 Å². The van der Waals surface area contributed by atoms with Crippen molar-refractivity contribution in [3.05, 3.63) is 125 Å². The van der Waals surface area contributed by atoms with Gasteiger partial charge in [-0.05, 0) is 53.1 Å². The Labute approximate surface area is 230 Å². The number of esters is 1. The molecule has 0 radical (unpaired) electrons. The van der Waals surface area contributed by atoms with Crippen LogP contribution in [0.25, 0.3) is 33.5 Å². The number of carbonyl (C=O) groups is 1. The molecule has 0 saturated carbocycles. The highest BCUT2D eigenvalue weighted by atomic mass is 35.5. The summed E-state index contributed by atoms with van der Waals surface area (Å²) in [5, 5.41) is 0.551. The molecule has 0 spiro atoms. The third-order valence-corrected chi connectivity index (χ3v) is 6.49. The second kappa shape index (κ2) is 11.4. The van der Waals surface area contributed by atoms with E-state index < -0.39 is 11.8 Å². The fourth-order valence-corrected chi connectivity index (χ4v) is 4.48. The van der Waals surface area contributed by atoms with E-state index in [-0.39, 0.29) is 5.69 Å². The maximum atomic E-state index is 14.2. The fraction of sp³-hybridized carbons (Fsp3) is 0.0625. The molecule has 2 N–H and O–H groups in total. The molecule has 7 heteroatoms. The lowest BCUT2D eigenvalue weighted by Crippen LogP contribution is -2.12. The first-order valence-corrected chi connectivity index (χ1v) is 12.5. The standard InChI is InChI=1S/C32H24ClFN2O3/c1-38-32(37)31-28(22-12-16-26(17-13-22)39-19-20-6-3-2-4-7-20)29(35)27(21-10-14-24(33)15-11-21)30(36-31)23-8-5-9-25(34)18-23/h2-18H,19H2,1H3,(H2,35,36). The van der Waals surface area contributed by atoms with E-state index in [9.17, 15) is 9.18 Å². The average molecular weight is 539 g/mol. The molecule has 0 saturated heterocycles. The molecule has 0 amide bonds. The highest BCUT2D eigenvalue weighted by molar-refractivity contribution is 6.30. The molecule has 1 aromatic heterocycles. The van der Waals surface area contributed by atoms with Crippen LogP contribution in [-0.2, 0) is 11.3 Å². The molecule has 39 heavy (non-hydrogen) atoms. The molecule has 0 unspecified atom stereocenters. The van der Waals surface area contributed by atoms with Crippen molar-refractivity contribution in [3.8, 4) is 39.3 Å². The third-order valence-electron chi connectivity index (χ3n) is 6.24. The number of ether oxygens (including phenoxy) is 2. The molecule has 0 fully saturated rings. The number of nitrogen functional groups attached to an aromatic ring is 1. The largest absolute Gasteiger partial charge is 0.489 e. The number of pyridine rings is 1. The minimum absolute atomic E-state index is 0.0185. The Morgan fingerprint density at radius 1 is 0.846 bits per heavy atom.